The van der Waals surface area contributed by atoms with Gasteiger partial charge in [-0.15, -0.1) is 0 Å². The van der Waals surface area contributed by atoms with Gasteiger partial charge in [0.25, 0.3) is 0 Å². The van der Waals surface area contributed by atoms with E-state index in [-0.39, 0.29) is 5.82 Å². The largest absolute Gasteiger partial charge is 0.207 e. The summed E-state index contributed by atoms with van der Waals surface area (Å²) in [5, 5.41) is 0. The normalized spacial score (nSPS) is 10.9. The Labute approximate surface area is 168 Å². The maximum Gasteiger partial charge on any atom is 0.126 e. The van der Waals surface area contributed by atoms with E-state index in [4.69, 9.17) is 0 Å². The van der Waals surface area contributed by atoms with Gasteiger partial charge in [-0.1, -0.05) is 54.6 Å². The van der Waals surface area contributed by atoms with Crippen LogP contribution >= 0.6 is 0 Å². The molecule has 0 aliphatic rings. The van der Waals surface area contributed by atoms with E-state index in [2.05, 4.69) is 0 Å². The number of rotatable bonds is 4. The highest BCUT2D eigenvalue weighted by atomic mass is 19.1. The Morgan fingerprint density at radius 1 is 0.483 bits per heavy atom. The van der Waals surface area contributed by atoms with Crippen molar-refractivity contribution in [2.75, 3.05) is 0 Å². The van der Waals surface area contributed by atoms with E-state index in [9.17, 15) is 13.2 Å². The molecule has 4 rings (SSSR count). The first kappa shape index (κ1) is 19.0. The Bertz CT molecular complexity index is 1010. The monoisotopic (exact) mass is 388 g/mol. The van der Waals surface area contributed by atoms with Crippen LogP contribution in [0.5, 0.6) is 0 Å². The molecule has 0 spiro atoms. The van der Waals surface area contributed by atoms with Crippen LogP contribution in [0.15, 0.2) is 84.9 Å². The highest BCUT2D eigenvalue weighted by molar-refractivity contribution is 5.65. The summed E-state index contributed by atoms with van der Waals surface area (Å²) in [4.78, 5) is 0. The lowest BCUT2D eigenvalue weighted by molar-refractivity contribution is 0.584. The average Bonchev–Trinajstić information content (AvgIpc) is 2.68. The topological polar surface area (TPSA) is 0 Å². The number of halogens is 3. The second-order valence-corrected chi connectivity index (χ2v) is 7.25. The summed E-state index contributed by atoms with van der Waals surface area (Å²) in [7, 11) is 0. The van der Waals surface area contributed by atoms with Crippen molar-refractivity contribution in [3.63, 3.8) is 0 Å². The molecular formula is C26H19F3. The summed E-state index contributed by atoms with van der Waals surface area (Å²) >= 11 is 0. The van der Waals surface area contributed by atoms with E-state index >= 15 is 0 Å². The van der Waals surface area contributed by atoms with Crippen LogP contribution in [0.2, 0.25) is 0 Å². The van der Waals surface area contributed by atoms with Crippen LogP contribution < -0.4 is 0 Å². The van der Waals surface area contributed by atoms with Gasteiger partial charge < -0.3 is 0 Å². The van der Waals surface area contributed by atoms with Crippen molar-refractivity contribution in [3.8, 4) is 22.3 Å². The first-order valence-corrected chi connectivity index (χ1v) is 9.38. The summed E-state index contributed by atoms with van der Waals surface area (Å²) in [5.41, 5.74) is 6.24. The van der Waals surface area contributed by atoms with Crippen molar-refractivity contribution in [2.24, 2.45) is 0 Å². The molecule has 0 aliphatic carbocycles. The molecule has 0 saturated heterocycles. The SMILES string of the molecule is Cc1cc(F)cc(-c2ccc(Cc3ccc(-c4cc(F)cc(F)c4)cc3)cc2)c1. The van der Waals surface area contributed by atoms with Crippen LogP contribution in [-0.4, -0.2) is 0 Å². The standard InChI is InChI=1S/C26H19F3/c1-17-10-22(13-24(27)11-17)20-6-2-18(3-7-20)12-19-4-8-21(9-5-19)23-14-25(28)16-26(29)15-23/h2-11,13-16H,12H2,1H3. The molecule has 0 atom stereocenters. The van der Waals surface area contributed by atoms with Crippen molar-refractivity contribution in [1.29, 1.82) is 0 Å². The maximum absolute atomic E-state index is 13.6. The van der Waals surface area contributed by atoms with Gasteiger partial charge in [-0.3, -0.25) is 0 Å². The van der Waals surface area contributed by atoms with Crippen molar-refractivity contribution in [1.82, 2.24) is 0 Å². The predicted octanol–water partition coefficient (Wildman–Crippen LogP) is 7.34. The fraction of sp³-hybridized carbons (Fsp3) is 0.0769. The van der Waals surface area contributed by atoms with E-state index < -0.39 is 11.6 Å². The minimum atomic E-state index is -0.586. The zero-order valence-electron chi connectivity index (χ0n) is 15.9. The molecule has 0 heterocycles. The Morgan fingerprint density at radius 3 is 1.34 bits per heavy atom. The molecular weight excluding hydrogens is 369 g/mol. The molecule has 4 aromatic rings. The molecule has 0 fully saturated rings. The Balaban J connectivity index is 1.50. The van der Waals surface area contributed by atoms with Gasteiger partial charge in [-0.2, -0.15) is 0 Å². The van der Waals surface area contributed by atoms with Crippen LogP contribution in [-0.2, 0) is 6.42 Å². The smallest absolute Gasteiger partial charge is 0.126 e. The Morgan fingerprint density at radius 2 is 0.897 bits per heavy atom. The first-order valence-electron chi connectivity index (χ1n) is 9.38. The third-order valence-corrected chi connectivity index (χ3v) is 4.89. The quantitative estimate of drug-likeness (QED) is 0.343. The molecule has 0 aromatic heterocycles. The fourth-order valence-corrected chi connectivity index (χ4v) is 3.49. The van der Waals surface area contributed by atoms with E-state index in [1.54, 1.807) is 0 Å². The molecule has 0 amide bonds. The molecule has 0 nitrogen and oxygen atoms in total. The average molecular weight is 388 g/mol. The van der Waals surface area contributed by atoms with E-state index in [0.717, 1.165) is 45.9 Å². The summed E-state index contributed by atoms with van der Waals surface area (Å²) in [6.07, 6.45) is 0.736. The molecule has 0 unspecified atom stereocenters. The Kier molecular flexibility index (Phi) is 5.22. The molecule has 0 radical (unpaired) electrons. The lowest BCUT2D eigenvalue weighted by Crippen LogP contribution is -1.90. The minimum absolute atomic E-state index is 0.234. The highest BCUT2D eigenvalue weighted by Crippen LogP contribution is 2.25. The molecule has 29 heavy (non-hydrogen) atoms. The van der Waals surface area contributed by atoms with E-state index in [0.29, 0.717) is 5.56 Å². The van der Waals surface area contributed by atoms with Gasteiger partial charge in [0.2, 0.25) is 0 Å². The van der Waals surface area contributed by atoms with Crippen LogP contribution in [0, 0.1) is 24.4 Å². The summed E-state index contributed by atoms with van der Waals surface area (Å²) in [5.74, 6) is -1.40. The second kappa shape index (κ2) is 7.96. The number of hydrogen-bond donors (Lipinski definition) is 0. The molecule has 0 aliphatic heterocycles. The zero-order valence-corrected chi connectivity index (χ0v) is 15.9. The van der Waals surface area contributed by atoms with Gasteiger partial charge in [0.15, 0.2) is 0 Å². The van der Waals surface area contributed by atoms with Crippen molar-refractivity contribution in [3.05, 3.63) is 119 Å². The van der Waals surface area contributed by atoms with Crippen LogP contribution in [0.25, 0.3) is 22.3 Å². The molecule has 0 N–H and O–H groups in total. The first-order chi connectivity index (χ1) is 14.0. The lowest BCUT2D eigenvalue weighted by atomic mass is 9.98. The van der Waals surface area contributed by atoms with Gasteiger partial charge in [-0.05, 0) is 76.6 Å². The van der Waals surface area contributed by atoms with Crippen molar-refractivity contribution >= 4 is 0 Å². The third-order valence-electron chi connectivity index (χ3n) is 4.89. The lowest BCUT2D eigenvalue weighted by Gasteiger charge is -2.08. The van der Waals surface area contributed by atoms with Crippen LogP contribution in [0.4, 0.5) is 13.2 Å². The van der Waals surface area contributed by atoms with Crippen LogP contribution in [0.1, 0.15) is 16.7 Å². The Hall–Kier alpha value is -3.33. The molecule has 3 heteroatoms. The van der Waals surface area contributed by atoms with Gasteiger partial charge in [0.1, 0.15) is 17.5 Å². The molecule has 0 saturated carbocycles. The maximum atomic E-state index is 13.6. The van der Waals surface area contributed by atoms with Crippen molar-refractivity contribution in [2.45, 2.75) is 13.3 Å². The minimum Gasteiger partial charge on any atom is -0.207 e. The fourth-order valence-electron chi connectivity index (χ4n) is 3.49. The third kappa shape index (κ3) is 4.57. The molecule has 144 valence electrons. The number of aryl methyl sites for hydroxylation is 1. The molecule has 4 aromatic carbocycles. The zero-order chi connectivity index (χ0) is 20.4. The summed E-state index contributed by atoms with van der Waals surface area (Å²) < 4.78 is 40.5. The molecule has 0 bridgehead atoms. The van der Waals surface area contributed by atoms with Gasteiger partial charge in [0.05, 0.1) is 0 Å². The summed E-state index contributed by atoms with van der Waals surface area (Å²) in [6, 6.07) is 24.2. The van der Waals surface area contributed by atoms with Gasteiger partial charge >= 0.3 is 0 Å². The number of benzene rings is 4. The van der Waals surface area contributed by atoms with Crippen LogP contribution in [0.3, 0.4) is 0 Å². The number of hydrogen-bond acceptors (Lipinski definition) is 0. The second-order valence-electron chi connectivity index (χ2n) is 7.25. The van der Waals surface area contributed by atoms with Crippen molar-refractivity contribution < 1.29 is 13.2 Å². The van der Waals surface area contributed by atoms with E-state index in [1.165, 1.54) is 24.3 Å². The highest BCUT2D eigenvalue weighted by Gasteiger charge is 2.05. The predicted molar refractivity (Wildman–Crippen MR) is 111 cm³/mol. The van der Waals surface area contributed by atoms with Gasteiger partial charge in [-0.25, -0.2) is 13.2 Å². The summed E-state index contributed by atoms with van der Waals surface area (Å²) in [6.45, 7) is 1.88. The van der Waals surface area contributed by atoms with E-state index in [1.807, 2.05) is 61.5 Å². The van der Waals surface area contributed by atoms with Gasteiger partial charge in [0, 0.05) is 6.07 Å².